The van der Waals surface area contributed by atoms with Crippen molar-refractivity contribution in [3.63, 3.8) is 0 Å². The van der Waals surface area contributed by atoms with Gasteiger partial charge in [0, 0.05) is 10.6 Å². The molecule has 0 saturated heterocycles. The molecule has 4 heteroatoms. The minimum atomic E-state index is -1.23. The maximum atomic E-state index is 13.3. The van der Waals surface area contributed by atoms with Gasteiger partial charge in [0.2, 0.25) is 0 Å². The minimum absolute atomic E-state index is 0.250. The standard InChI is InChI=1S/C17H14FNOS/c18-15-7-12(8-16(19)10-15)11-21(20)17-6-5-13-3-1-2-4-14(13)9-17/h1-10H,11,19H2. The van der Waals surface area contributed by atoms with Gasteiger partial charge in [-0.2, -0.15) is 0 Å². The molecule has 0 heterocycles. The Bertz CT molecular complexity index is 812. The number of hydrogen-bond donors (Lipinski definition) is 1. The van der Waals surface area contributed by atoms with Crippen molar-refractivity contribution in [1.29, 1.82) is 0 Å². The van der Waals surface area contributed by atoms with Crippen LogP contribution in [0.3, 0.4) is 0 Å². The molecule has 3 aromatic carbocycles. The Labute approximate surface area is 124 Å². The van der Waals surface area contributed by atoms with E-state index in [2.05, 4.69) is 0 Å². The second-order valence-corrected chi connectivity index (χ2v) is 6.34. The van der Waals surface area contributed by atoms with Gasteiger partial charge in [-0.25, -0.2) is 4.39 Å². The zero-order chi connectivity index (χ0) is 14.8. The fraction of sp³-hybridized carbons (Fsp3) is 0.0588. The van der Waals surface area contributed by atoms with Crippen LogP contribution in [0.5, 0.6) is 0 Å². The van der Waals surface area contributed by atoms with Crippen LogP contribution in [0, 0.1) is 5.82 Å². The SMILES string of the molecule is Nc1cc(F)cc(CS(=O)c2ccc3ccccc3c2)c1. The average Bonchev–Trinajstić information content (AvgIpc) is 2.45. The zero-order valence-corrected chi connectivity index (χ0v) is 12.1. The molecule has 2 N–H and O–H groups in total. The molecule has 2 nitrogen and oxygen atoms in total. The Kier molecular flexibility index (Phi) is 3.71. The van der Waals surface area contributed by atoms with Crippen molar-refractivity contribution in [3.8, 4) is 0 Å². The van der Waals surface area contributed by atoms with Crippen molar-refractivity contribution >= 4 is 27.3 Å². The molecule has 3 rings (SSSR count). The third-order valence-electron chi connectivity index (χ3n) is 3.26. The van der Waals surface area contributed by atoms with Gasteiger partial charge in [0.05, 0.1) is 16.6 Å². The van der Waals surface area contributed by atoms with Crippen LogP contribution in [0.15, 0.2) is 65.6 Å². The van der Waals surface area contributed by atoms with Gasteiger partial charge in [0.1, 0.15) is 5.82 Å². The van der Waals surface area contributed by atoms with Crippen LogP contribution in [0.4, 0.5) is 10.1 Å². The molecule has 0 aliphatic carbocycles. The lowest BCUT2D eigenvalue weighted by Gasteiger charge is -2.06. The van der Waals surface area contributed by atoms with Crippen LogP contribution in [0.1, 0.15) is 5.56 Å². The second-order valence-electron chi connectivity index (χ2n) is 4.89. The van der Waals surface area contributed by atoms with Crippen molar-refractivity contribution in [2.24, 2.45) is 0 Å². The summed E-state index contributed by atoms with van der Waals surface area (Å²) in [6.45, 7) is 0. The fourth-order valence-corrected chi connectivity index (χ4v) is 3.42. The monoisotopic (exact) mass is 299 g/mol. The van der Waals surface area contributed by atoms with E-state index in [-0.39, 0.29) is 5.75 Å². The summed E-state index contributed by atoms with van der Waals surface area (Å²) < 4.78 is 25.7. The maximum absolute atomic E-state index is 13.3. The van der Waals surface area contributed by atoms with Gasteiger partial charge in [-0.3, -0.25) is 4.21 Å². The van der Waals surface area contributed by atoms with Gasteiger partial charge in [0.25, 0.3) is 0 Å². The van der Waals surface area contributed by atoms with Crippen molar-refractivity contribution < 1.29 is 8.60 Å². The van der Waals surface area contributed by atoms with Crippen molar-refractivity contribution in [2.75, 3.05) is 5.73 Å². The Morgan fingerprint density at radius 1 is 0.952 bits per heavy atom. The highest BCUT2D eigenvalue weighted by molar-refractivity contribution is 7.84. The summed E-state index contributed by atoms with van der Waals surface area (Å²) in [4.78, 5) is 0.733. The van der Waals surface area contributed by atoms with Gasteiger partial charge in [-0.15, -0.1) is 0 Å². The minimum Gasteiger partial charge on any atom is -0.399 e. The molecule has 1 unspecified atom stereocenters. The number of nitrogens with two attached hydrogens (primary N) is 1. The van der Waals surface area contributed by atoms with Gasteiger partial charge in [-0.05, 0) is 46.7 Å². The quantitative estimate of drug-likeness (QED) is 0.746. The molecule has 0 bridgehead atoms. The predicted molar refractivity (Wildman–Crippen MR) is 84.9 cm³/mol. The molecular formula is C17H14FNOS. The molecule has 106 valence electrons. The smallest absolute Gasteiger partial charge is 0.125 e. The van der Waals surface area contributed by atoms with Gasteiger partial charge >= 0.3 is 0 Å². The number of hydrogen-bond acceptors (Lipinski definition) is 2. The summed E-state index contributed by atoms with van der Waals surface area (Å²) in [5.74, 6) is -0.152. The molecule has 0 aromatic heterocycles. The third kappa shape index (κ3) is 3.11. The van der Waals surface area contributed by atoms with Crippen molar-refractivity contribution in [3.05, 3.63) is 72.0 Å². The van der Waals surface area contributed by atoms with Crippen LogP contribution in [-0.4, -0.2) is 4.21 Å². The second kappa shape index (κ2) is 5.66. The molecule has 0 fully saturated rings. The number of anilines is 1. The molecule has 1 atom stereocenters. The van der Waals surface area contributed by atoms with Crippen molar-refractivity contribution in [1.82, 2.24) is 0 Å². The first-order chi connectivity index (χ1) is 10.1. The van der Waals surface area contributed by atoms with E-state index in [0.717, 1.165) is 15.7 Å². The Morgan fingerprint density at radius 3 is 2.48 bits per heavy atom. The van der Waals surface area contributed by atoms with Crippen molar-refractivity contribution in [2.45, 2.75) is 10.6 Å². The van der Waals surface area contributed by atoms with Crippen LogP contribution in [-0.2, 0) is 16.6 Å². The first kappa shape index (κ1) is 13.8. The normalized spacial score (nSPS) is 12.4. The Hall–Kier alpha value is -2.20. The Morgan fingerprint density at radius 2 is 1.71 bits per heavy atom. The van der Waals surface area contributed by atoms with Crippen LogP contribution in [0.25, 0.3) is 10.8 Å². The van der Waals surface area contributed by atoms with E-state index in [0.29, 0.717) is 11.3 Å². The number of nitrogen functional groups attached to an aromatic ring is 1. The first-order valence-corrected chi connectivity index (χ1v) is 7.86. The summed E-state index contributed by atoms with van der Waals surface area (Å²) in [6, 6.07) is 17.9. The molecule has 3 aromatic rings. The van der Waals surface area contributed by atoms with E-state index in [1.165, 1.54) is 12.1 Å². The fourth-order valence-electron chi connectivity index (χ4n) is 2.30. The average molecular weight is 299 g/mol. The lowest BCUT2D eigenvalue weighted by Crippen LogP contribution is -1.98. The molecule has 0 aliphatic rings. The number of fused-ring (bicyclic) bond motifs is 1. The summed E-state index contributed by atoms with van der Waals surface area (Å²) in [5.41, 5.74) is 6.59. The summed E-state index contributed by atoms with van der Waals surface area (Å²) >= 11 is 0. The summed E-state index contributed by atoms with van der Waals surface area (Å²) in [6.07, 6.45) is 0. The topological polar surface area (TPSA) is 43.1 Å². The van der Waals surface area contributed by atoms with E-state index in [9.17, 15) is 8.60 Å². The molecule has 0 amide bonds. The number of benzene rings is 3. The highest BCUT2D eigenvalue weighted by atomic mass is 32.2. The number of rotatable bonds is 3. The van der Waals surface area contributed by atoms with E-state index >= 15 is 0 Å². The lowest BCUT2D eigenvalue weighted by atomic mass is 10.1. The van der Waals surface area contributed by atoms with E-state index in [4.69, 9.17) is 5.73 Å². The van der Waals surface area contributed by atoms with E-state index in [1.54, 1.807) is 6.07 Å². The molecule has 0 saturated carbocycles. The number of halogens is 1. The van der Waals surface area contributed by atoms with Crippen LogP contribution in [0.2, 0.25) is 0 Å². The Balaban J connectivity index is 1.89. The van der Waals surface area contributed by atoms with Crippen LogP contribution >= 0.6 is 0 Å². The molecular weight excluding hydrogens is 285 g/mol. The lowest BCUT2D eigenvalue weighted by molar-refractivity contribution is 0.627. The van der Waals surface area contributed by atoms with E-state index < -0.39 is 16.6 Å². The summed E-state index contributed by atoms with van der Waals surface area (Å²) in [5, 5.41) is 2.15. The maximum Gasteiger partial charge on any atom is 0.125 e. The van der Waals surface area contributed by atoms with Gasteiger partial charge < -0.3 is 5.73 Å². The zero-order valence-electron chi connectivity index (χ0n) is 11.3. The van der Waals surface area contributed by atoms with Gasteiger partial charge in [-0.1, -0.05) is 30.3 Å². The molecule has 21 heavy (non-hydrogen) atoms. The summed E-state index contributed by atoms with van der Waals surface area (Å²) in [7, 11) is -1.23. The highest BCUT2D eigenvalue weighted by Gasteiger charge is 2.08. The molecule has 0 spiro atoms. The van der Waals surface area contributed by atoms with Crippen LogP contribution < -0.4 is 5.73 Å². The molecule has 0 radical (unpaired) electrons. The molecule has 0 aliphatic heterocycles. The first-order valence-electron chi connectivity index (χ1n) is 6.54. The predicted octanol–water partition coefficient (Wildman–Crippen LogP) is 3.87. The van der Waals surface area contributed by atoms with Gasteiger partial charge in [0.15, 0.2) is 0 Å². The largest absolute Gasteiger partial charge is 0.399 e. The highest BCUT2D eigenvalue weighted by Crippen LogP contribution is 2.21. The third-order valence-corrected chi connectivity index (χ3v) is 4.64. The van der Waals surface area contributed by atoms with E-state index in [1.807, 2.05) is 42.5 Å².